The summed E-state index contributed by atoms with van der Waals surface area (Å²) in [5.74, 6) is 0.748. The first-order valence-corrected chi connectivity index (χ1v) is 7.14. The highest BCUT2D eigenvalue weighted by Gasteiger charge is 2.24. The monoisotopic (exact) mass is 226 g/mol. The predicted octanol–water partition coefficient (Wildman–Crippen LogP) is 3.01. The zero-order valence-corrected chi connectivity index (χ0v) is 11.4. The van der Waals surface area contributed by atoms with Crippen molar-refractivity contribution in [2.75, 3.05) is 13.1 Å². The van der Waals surface area contributed by atoms with Crippen LogP contribution >= 0.6 is 0 Å². The Morgan fingerprint density at radius 2 is 1.75 bits per heavy atom. The van der Waals surface area contributed by atoms with Gasteiger partial charge in [0.05, 0.1) is 0 Å². The average molecular weight is 226 g/mol. The predicted molar refractivity (Wildman–Crippen MR) is 71.6 cm³/mol. The summed E-state index contributed by atoms with van der Waals surface area (Å²) in [5.41, 5.74) is 6.36. The molecule has 0 aliphatic heterocycles. The molecule has 0 aromatic heterocycles. The van der Waals surface area contributed by atoms with Gasteiger partial charge in [0, 0.05) is 18.6 Å². The second-order valence-corrected chi connectivity index (χ2v) is 5.70. The molecule has 0 spiro atoms. The third kappa shape index (κ3) is 4.42. The van der Waals surface area contributed by atoms with Crippen LogP contribution in [0.4, 0.5) is 0 Å². The van der Waals surface area contributed by atoms with E-state index in [9.17, 15) is 0 Å². The Morgan fingerprint density at radius 1 is 1.12 bits per heavy atom. The molecule has 2 unspecified atom stereocenters. The van der Waals surface area contributed by atoms with Gasteiger partial charge in [0.2, 0.25) is 0 Å². The van der Waals surface area contributed by atoms with E-state index in [4.69, 9.17) is 5.73 Å². The summed E-state index contributed by atoms with van der Waals surface area (Å²) < 4.78 is 0. The molecule has 96 valence electrons. The molecule has 0 heterocycles. The maximum Gasteiger partial charge on any atom is 0.0247 e. The zero-order chi connectivity index (χ0) is 12.0. The average Bonchev–Trinajstić information content (AvgIpc) is 2.21. The first kappa shape index (κ1) is 14.0. The molecular weight excluding hydrogens is 196 g/mol. The number of likely N-dealkylation sites (N-methyl/N-ethyl adjacent to an activating group) is 1. The molecule has 1 aliphatic rings. The van der Waals surface area contributed by atoms with Crippen LogP contribution in [-0.2, 0) is 0 Å². The third-order valence-corrected chi connectivity index (χ3v) is 3.76. The second kappa shape index (κ2) is 7.29. The summed E-state index contributed by atoms with van der Waals surface area (Å²) in [6, 6.07) is 1.03. The molecule has 2 nitrogen and oxygen atoms in total. The van der Waals surface area contributed by atoms with Crippen molar-refractivity contribution in [2.24, 2.45) is 11.7 Å². The van der Waals surface area contributed by atoms with E-state index in [0.717, 1.165) is 12.5 Å². The Balaban J connectivity index is 2.55. The Labute approximate surface area is 102 Å². The lowest BCUT2D eigenvalue weighted by atomic mass is 9.91. The highest BCUT2D eigenvalue weighted by atomic mass is 15.2. The third-order valence-electron chi connectivity index (χ3n) is 3.76. The lowest BCUT2D eigenvalue weighted by Gasteiger charge is -2.37. The molecule has 0 saturated heterocycles. The molecule has 1 fully saturated rings. The number of nitrogens with zero attached hydrogens (tertiary/aromatic N) is 1. The SMILES string of the molecule is CCN(CC(C)C)C1CCCCCCC1N. The van der Waals surface area contributed by atoms with Crippen LogP contribution in [0.15, 0.2) is 0 Å². The molecule has 0 bridgehead atoms. The van der Waals surface area contributed by atoms with Crippen molar-refractivity contribution in [1.29, 1.82) is 0 Å². The van der Waals surface area contributed by atoms with E-state index in [0.29, 0.717) is 12.1 Å². The molecule has 0 amide bonds. The fourth-order valence-electron chi connectivity index (χ4n) is 2.91. The summed E-state index contributed by atoms with van der Waals surface area (Å²) >= 11 is 0. The first-order valence-electron chi connectivity index (χ1n) is 7.14. The Bertz CT molecular complexity index is 180. The van der Waals surface area contributed by atoms with Crippen molar-refractivity contribution < 1.29 is 0 Å². The van der Waals surface area contributed by atoms with E-state index in [2.05, 4.69) is 25.7 Å². The number of hydrogen-bond donors (Lipinski definition) is 1. The van der Waals surface area contributed by atoms with E-state index in [1.54, 1.807) is 0 Å². The van der Waals surface area contributed by atoms with Gasteiger partial charge in [0.15, 0.2) is 0 Å². The van der Waals surface area contributed by atoms with Gasteiger partial charge in [-0.15, -0.1) is 0 Å². The van der Waals surface area contributed by atoms with Crippen LogP contribution < -0.4 is 5.73 Å². The van der Waals surface area contributed by atoms with E-state index in [1.165, 1.54) is 45.1 Å². The topological polar surface area (TPSA) is 29.3 Å². The molecule has 2 heteroatoms. The first-order chi connectivity index (χ1) is 7.65. The van der Waals surface area contributed by atoms with E-state index >= 15 is 0 Å². The van der Waals surface area contributed by atoms with Gasteiger partial charge in [0.1, 0.15) is 0 Å². The van der Waals surface area contributed by atoms with Crippen molar-refractivity contribution in [3.8, 4) is 0 Å². The van der Waals surface area contributed by atoms with E-state index in [1.807, 2.05) is 0 Å². The van der Waals surface area contributed by atoms with Crippen molar-refractivity contribution in [3.05, 3.63) is 0 Å². The van der Waals surface area contributed by atoms with Crippen LogP contribution in [0.1, 0.15) is 59.3 Å². The van der Waals surface area contributed by atoms with Gasteiger partial charge >= 0.3 is 0 Å². The number of rotatable bonds is 4. The maximum absolute atomic E-state index is 6.36. The highest BCUT2D eigenvalue weighted by Crippen LogP contribution is 2.21. The molecule has 1 aliphatic carbocycles. The zero-order valence-electron chi connectivity index (χ0n) is 11.4. The lowest BCUT2D eigenvalue weighted by Crippen LogP contribution is -2.49. The quantitative estimate of drug-likeness (QED) is 0.798. The molecule has 0 radical (unpaired) electrons. The number of hydrogen-bond acceptors (Lipinski definition) is 2. The molecule has 0 aromatic rings. The Morgan fingerprint density at radius 3 is 2.31 bits per heavy atom. The van der Waals surface area contributed by atoms with Gasteiger partial charge in [-0.2, -0.15) is 0 Å². The largest absolute Gasteiger partial charge is 0.326 e. The molecule has 2 N–H and O–H groups in total. The van der Waals surface area contributed by atoms with Gasteiger partial charge in [0.25, 0.3) is 0 Å². The molecular formula is C14H30N2. The van der Waals surface area contributed by atoms with Crippen molar-refractivity contribution in [1.82, 2.24) is 4.90 Å². The maximum atomic E-state index is 6.36. The molecule has 0 aromatic carbocycles. The van der Waals surface area contributed by atoms with Crippen molar-refractivity contribution >= 4 is 0 Å². The van der Waals surface area contributed by atoms with Crippen molar-refractivity contribution in [3.63, 3.8) is 0 Å². The summed E-state index contributed by atoms with van der Waals surface area (Å²) in [5, 5.41) is 0. The fraction of sp³-hybridized carbons (Fsp3) is 1.00. The van der Waals surface area contributed by atoms with Crippen LogP contribution in [0.3, 0.4) is 0 Å². The van der Waals surface area contributed by atoms with Crippen LogP contribution in [0, 0.1) is 5.92 Å². The standard InChI is InChI=1S/C14H30N2/c1-4-16(11-12(2)3)14-10-8-6-5-7-9-13(14)15/h12-14H,4-11,15H2,1-3H3. The molecule has 16 heavy (non-hydrogen) atoms. The van der Waals surface area contributed by atoms with E-state index < -0.39 is 0 Å². The molecule has 1 saturated carbocycles. The molecule has 1 rings (SSSR count). The minimum Gasteiger partial charge on any atom is -0.326 e. The van der Waals surface area contributed by atoms with Crippen LogP contribution in [0.25, 0.3) is 0 Å². The van der Waals surface area contributed by atoms with Crippen LogP contribution in [0.5, 0.6) is 0 Å². The molecule has 2 atom stereocenters. The lowest BCUT2D eigenvalue weighted by molar-refractivity contribution is 0.140. The van der Waals surface area contributed by atoms with E-state index in [-0.39, 0.29) is 0 Å². The summed E-state index contributed by atoms with van der Waals surface area (Å²) in [6.45, 7) is 9.23. The fourth-order valence-corrected chi connectivity index (χ4v) is 2.91. The van der Waals surface area contributed by atoms with Gasteiger partial charge in [-0.1, -0.05) is 46.5 Å². The Kier molecular flexibility index (Phi) is 6.37. The van der Waals surface area contributed by atoms with Crippen LogP contribution in [-0.4, -0.2) is 30.1 Å². The number of nitrogens with two attached hydrogens (primary N) is 1. The van der Waals surface area contributed by atoms with Crippen molar-refractivity contribution in [2.45, 2.75) is 71.4 Å². The van der Waals surface area contributed by atoms with Gasteiger partial charge in [-0.05, 0) is 25.3 Å². The smallest absolute Gasteiger partial charge is 0.0247 e. The summed E-state index contributed by atoms with van der Waals surface area (Å²) in [7, 11) is 0. The normalized spacial score (nSPS) is 28.1. The van der Waals surface area contributed by atoms with Crippen LogP contribution in [0.2, 0.25) is 0 Å². The minimum atomic E-state index is 0.402. The minimum absolute atomic E-state index is 0.402. The van der Waals surface area contributed by atoms with Gasteiger partial charge in [-0.3, -0.25) is 4.90 Å². The van der Waals surface area contributed by atoms with Gasteiger partial charge in [-0.25, -0.2) is 0 Å². The van der Waals surface area contributed by atoms with Gasteiger partial charge < -0.3 is 5.73 Å². The second-order valence-electron chi connectivity index (χ2n) is 5.70. The Hall–Kier alpha value is -0.0800. The summed E-state index contributed by atoms with van der Waals surface area (Å²) in [6.07, 6.45) is 8.02. The highest BCUT2D eigenvalue weighted by molar-refractivity contribution is 4.83. The summed E-state index contributed by atoms with van der Waals surface area (Å²) in [4.78, 5) is 2.61.